The molecule has 1 aliphatic heterocycles. The van der Waals surface area contributed by atoms with E-state index in [1.54, 1.807) is 19.2 Å². The van der Waals surface area contributed by atoms with E-state index < -0.39 is 0 Å². The standard InChI is InChI=1S/C16H19NO4/c1-20-13-2-3-14-12(6-16(19)21-15(14)7-13)9-17-5-4-11(8-17)10-18/h2-3,6-7,11,18H,4-5,8-10H2,1H3. The zero-order valence-electron chi connectivity index (χ0n) is 12.0. The number of hydrogen-bond donors (Lipinski definition) is 1. The second-order valence-electron chi connectivity index (χ2n) is 5.53. The van der Waals surface area contributed by atoms with E-state index >= 15 is 0 Å². The van der Waals surface area contributed by atoms with Crippen LogP contribution in [-0.4, -0.2) is 36.8 Å². The second-order valence-corrected chi connectivity index (χ2v) is 5.53. The van der Waals surface area contributed by atoms with Gasteiger partial charge in [-0.2, -0.15) is 0 Å². The maximum Gasteiger partial charge on any atom is 0.336 e. The van der Waals surface area contributed by atoms with Crippen LogP contribution in [-0.2, 0) is 6.54 Å². The average Bonchev–Trinajstić information content (AvgIpc) is 2.94. The van der Waals surface area contributed by atoms with Gasteiger partial charge in [-0.05, 0) is 36.6 Å². The monoisotopic (exact) mass is 289 g/mol. The summed E-state index contributed by atoms with van der Waals surface area (Å²) in [6.45, 7) is 2.74. The van der Waals surface area contributed by atoms with Crippen LogP contribution in [0.3, 0.4) is 0 Å². The number of rotatable bonds is 4. The van der Waals surface area contributed by atoms with Crippen LogP contribution in [0, 0.1) is 5.92 Å². The van der Waals surface area contributed by atoms with Crippen molar-refractivity contribution in [2.24, 2.45) is 5.92 Å². The molecular formula is C16H19NO4. The Balaban J connectivity index is 1.93. The Bertz CT molecular complexity index is 694. The molecule has 1 atom stereocenters. The molecule has 0 radical (unpaired) electrons. The number of methoxy groups -OCH3 is 1. The predicted molar refractivity (Wildman–Crippen MR) is 79.5 cm³/mol. The van der Waals surface area contributed by atoms with E-state index in [1.165, 1.54) is 0 Å². The summed E-state index contributed by atoms with van der Waals surface area (Å²) in [4.78, 5) is 14.0. The highest BCUT2D eigenvalue weighted by Crippen LogP contribution is 2.25. The molecule has 1 saturated heterocycles. The highest BCUT2D eigenvalue weighted by atomic mass is 16.5. The summed E-state index contributed by atoms with van der Waals surface area (Å²) in [5.74, 6) is 1.01. The van der Waals surface area contributed by atoms with Gasteiger partial charge in [-0.15, -0.1) is 0 Å². The summed E-state index contributed by atoms with van der Waals surface area (Å²) in [5, 5.41) is 10.2. The molecule has 0 bridgehead atoms. The number of nitrogens with zero attached hydrogens (tertiary/aromatic N) is 1. The molecule has 3 rings (SSSR count). The third kappa shape index (κ3) is 2.94. The Morgan fingerprint density at radius 1 is 1.43 bits per heavy atom. The van der Waals surface area contributed by atoms with Gasteiger partial charge in [0.15, 0.2) is 0 Å². The predicted octanol–water partition coefficient (Wildman–Crippen LogP) is 1.62. The minimum absolute atomic E-state index is 0.228. The van der Waals surface area contributed by atoms with Gasteiger partial charge in [0.2, 0.25) is 0 Å². The quantitative estimate of drug-likeness (QED) is 0.867. The minimum atomic E-state index is -0.344. The average molecular weight is 289 g/mol. The van der Waals surface area contributed by atoms with Gasteiger partial charge in [0.25, 0.3) is 0 Å². The third-order valence-corrected chi connectivity index (χ3v) is 4.06. The third-order valence-electron chi connectivity index (χ3n) is 4.06. The molecule has 112 valence electrons. The van der Waals surface area contributed by atoms with Crippen molar-refractivity contribution in [2.45, 2.75) is 13.0 Å². The van der Waals surface area contributed by atoms with Crippen molar-refractivity contribution in [3.63, 3.8) is 0 Å². The molecule has 1 aliphatic rings. The molecule has 0 aliphatic carbocycles. The topological polar surface area (TPSA) is 62.9 Å². The van der Waals surface area contributed by atoms with E-state index in [4.69, 9.17) is 9.15 Å². The first kappa shape index (κ1) is 14.1. The highest BCUT2D eigenvalue weighted by Gasteiger charge is 2.22. The molecule has 1 aromatic carbocycles. The summed E-state index contributed by atoms with van der Waals surface area (Å²) >= 11 is 0. The van der Waals surface area contributed by atoms with Crippen LogP contribution >= 0.6 is 0 Å². The molecule has 5 heteroatoms. The van der Waals surface area contributed by atoms with Crippen LogP contribution in [0.15, 0.2) is 33.5 Å². The number of aliphatic hydroxyl groups is 1. The number of aliphatic hydroxyl groups excluding tert-OH is 1. The minimum Gasteiger partial charge on any atom is -0.497 e. The van der Waals surface area contributed by atoms with Gasteiger partial charge in [-0.3, -0.25) is 4.90 Å². The maximum atomic E-state index is 11.7. The van der Waals surface area contributed by atoms with Gasteiger partial charge in [0, 0.05) is 37.2 Å². The highest BCUT2D eigenvalue weighted by molar-refractivity contribution is 5.81. The Hall–Kier alpha value is -1.85. The van der Waals surface area contributed by atoms with Crippen LogP contribution in [0.5, 0.6) is 5.75 Å². The van der Waals surface area contributed by atoms with Crippen molar-refractivity contribution in [3.05, 3.63) is 40.2 Å². The molecule has 2 aromatic rings. The maximum absolute atomic E-state index is 11.7. The lowest BCUT2D eigenvalue weighted by molar-refractivity contribution is 0.220. The van der Waals surface area contributed by atoms with Crippen molar-refractivity contribution >= 4 is 11.0 Å². The van der Waals surface area contributed by atoms with Crippen LogP contribution in [0.2, 0.25) is 0 Å². The molecule has 5 nitrogen and oxygen atoms in total. The van der Waals surface area contributed by atoms with Gasteiger partial charge < -0.3 is 14.3 Å². The normalized spacial score (nSPS) is 19.2. The van der Waals surface area contributed by atoms with Crippen LogP contribution in [0.1, 0.15) is 12.0 Å². The number of fused-ring (bicyclic) bond motifs is 1. The van der Waals surface area contributed by atoms with Gasteiger partial charge in [0.05, 0.1) is 7.11 Å². The summed E-state index contributed by atoms with van der Waals surface area (Å²) in [6.07, 6.45) is 1.00. The lowest BCUT2D eigenvalue weighted by atomic mass is 10.1. The van der Waals surface area contributed by atoms with Gasteiger partial charge in [0.1, 0.15) is 11.3 Å². The van der Waals surface area contributed by atoms with E-state index in [0.717, 1.165) is 30.5 Å². The van der Waals surface area contributed by atoms with Crippen molar-refractivity contribution in [1.29, 1.82) is 0 Å². The van der Waals surface area contributed by atoms with Crippen LogP contribution in [0.25, 0.3) is 11.0 Å². The smallest absolute Gasteiger partial charge is 0.336 e. The fourth-order valence-corrected chi connectivity index (χ4v) is 2.91. The molecule has 0 saturated carbocycles. The van der Waals surface area contributed by atoms with Crippen LogP contribution in [0.4, 0.5) is 0 Å². The molecule has 1 aromatic heterocycles. The molecule has 1 unspecified atom stereocenters. The van der Waals surface area contributed by atoms with E-state index in [2.05, 4.69) is 4.90 Å². The zero-order valence-corrected chi connectivity index (χ0v) is 12.0. The van der Waals surface area contributed by atoms with Gasteiger partial charge in [-0.1, -0.05) is 0 Å². The van der Waals surface area contributed by atoms with E-state index in [-0.39, 0.29) is 12.2 Å². The molecule has 1 fully saturated rings. The molecular weight excluding hydrogens is 270 g/mol. The van der Waals surface area contributed by atoms with E-state index in [1.807, 2.05) is 12.1 Å². The second kappa shape index (κ2) is 5.87. The van der Waals surface area contributed by atoms with Crippen molar-refractivity contribution in [3.8, 4) is 5.75 Å². The number of ether oxygens (including phenoxy) is 1. The van der Waals surface area contributed by atoms with Gasteiger partial charge in [-0.25, -0.2) is 4.79 Å². The fourth-order valence-electron chi connectivity index (χ4n) is 2.91. The Morgan fingerprint density at radius 3 is 3.00 bits per heavy atom. The Labute approximate surface area is 122 Å². The number of benzene rings is 1. The lowest BCUT2D eigenvalue weighted by Gasteiger charge is -2.16. The van der Waals surface area contributed by atoms with E-state index in [9.17, 15) is 9.90 Å². The van der Waals surface area contributed by atoms with Gasteiger partial charge >= 0.3 is 5.63 Å². The first-order chi connectivity index (χ1) is 10.2. The fraction of sp³-hybridized carbons (Fsp3) is 0.438. The summed E-state index contributed by atoms with van der Waals surface area (Å²) < 4.78 is 10.4. The SMILES string of the molecule is COc1ccc2c(CN3CCC(CO)C3)cc(=O)oc2c1. The first-order valence-corrected chi connectivity index (χ1v) is 7.13. The van der Waals surface area contributed by atoms with Crippen molar-refractivity contribution in [1.82, 2.24) is 4.90 Å². The summed E-state index contributed by atoms with van der Waals surface area (Å²) in [5.41, 5.74) is 1.17. The summed E-state index contributed by atoms with van der Waals surface area (Å²) in [6, 6.07) is 7.08. The summed E-state index contributed by atoms with van der Waals surface area (Å²) in [7, 11) is 1.59. The first-order valence-electron chi connectivity index (χ1n) is 7.13. The molecule has 21 heavy (non-hydrogen) atoms. The van der Waals surface area contributed by atoms with Crippen molar-refractivity contribution < 1.29 is 14.3 Å². The number of hydrogen-bond acceptors (Lipinski definition) is 5. The Morgan fingerprint density at radius 2 is 2.29 bits per heavy atom. The molecule has 1 N–H and O–H groups in total. The Kier molecular flexibility index (Phi) is 3.94. The van der Waals surface area contributed by atoms with Crippen molar-refractivity contribution in [2.75, 3.05) is 26.8 Å². The molecule has 2 heterocycles. The lowest BCUT2D eigenvalue weighted by Crippen LogP contribution is -2.21. The largest absolute Gasteiger partial charge is 0.497 e. The molecule has 0 amide bonds. The van der Waals surface area contributed by atoms with E-state index in [0.29, 0.717) is 23.8 Å². The zero-order chi connectivity index (χ0) is 14.8. The molecule has 0 spiro atoms. The van der Waals surface area contributed by atoms with Crippen LogP contribution < -0.4 is 10.4 Å². The number of likely N-dealkylation sites (tertiary alicyclic amines) is 1.